The molecule has 0 N–H and O–H groups in total. The Morgan fingerprint density at radius 3 is 2.21 bits per heavy atom. The summed E-state index contributed by atoms with van der Waals surface area (Å²) in [6.07, 6.45) is 2.78. The number of rotatable bonds is 6. The van der Waals surface area contributed by atoms with Gasteiger partial charge in [0.25, 0.3) is 0 Å². The van der Waals surface area contributed by atoms with Crippen molar-refractivity contribution in [2.75, 3.05) is 0 Å². The number of hydrogen-bond donors (Lipinski definition) is 0. The van der Waals surface area contributed by atoms with E-state index in [0.29, 0.717) is 6.61 Å². The summed E-state index contributed by atoms with van der Waals surface area (Å²) < 4.78 is 0. The smallest absolute Gasteiger partial charge is 0.142 e. The van der Waals surface area contributed by atoms with Gasteiger partial charge in [-0.25, -0.2) is 0 Å². The topological polar surface area (TPSA) is 21.6 Å². The molecular weight excluding hydrogens is 294 g/mol. The molecule has 24 heavy (non-hydrogen) atoms. The molecule has 0 saturated carbocycles. The van der Waals surface area contributed by atoms with Crippen molar-refractivity contribution in [2.45, 2.75) is 20.0 Å². The summed E-state index contributed by atoms with van der Waals surface area (Å²) in [6, 6.07) is 27.0. The SMILES string of the molecule is CCc1ccccc1C=NOCc1ccc(-c2ccccc2)cc1. The molecule has 0 aliphatic heterocycles. The quantitative estimate of drug-likeness (QED) is 0.437. The second-order valence-corrected chi connectivity index (χ2v) is 5.62. The molecule has 2 nitrogen and oxygen atoms in total. The highest BCUT2D eigenvalue weighted by atomic mass is 16.6. The van der Waals surface area contributed by atoms with Gasteiger partial charge in [0.1, 0.15) is 6.61 Å². The van der Waals surface area contributed by atoms with E-state index in [0.717, 1.165) is 17.5 Å². The first-order chi connectivity index (χ1) is 11.9. The number of benzene rings is 3. The van der Waals surface area contributed by atoms with E-state index in [2.05, 4.69) is 72.7 Å². The highest BCUT2D eigenvalue weighted by Gasteiger charge is 1.98. The van der Waals surface area contributed by atoms with Gasteiger partial charge < -0.3 is 4.84 Å². The first-order valence-corrected chi connectivity index (χ1v) is 8.24. The molecular formula is C22H21NO. The van der Waals surface area contributed by atoms with E-state index in [1.165, 1.54) is 16.7 Å². The van der Waals surface area contributed by atoms with Crippen LogP contribution in [-0.2, 0) is 17.9 Å². The number of oxime groups is 1. The molecule has 0 atom stereocenters. The summed E-state index contributed by atoms with van der Waals surface area (Å²) >= 11 is 0. The van der Waals surface area contributed by atoms with Gasteiger partial charge in [0.15, 0.2) is 0 Å². The zero-order chi connectivity index (χ0) is 16.6. The molecule has 3 rings (SSSR count). The van der Waals surface area contributed by atoms with E-state index >= 15 is 0 Å². The third-order valence-corrected chi connectivity index (χ3v) is 3.99. The standard InChI is InChI=1S/C22H21NO/c1-2-19-8-6-7-11-22(19)16-23-24-17-18-12-14-21(15-13-18)20-9-4-3-5-10-20/h3-16H,2,17H2,1H3. The molecule has 0 spiro atoms. The Bertz CT molecular complexity index is 792. The zero-order valence-electron chi connectivity index (χ0n) is 13.9. The van der Waals surface area contributed by atoms with E-state index in [9.17, 15) is 0 Å². The van der Waals surface area contributed by atoms with Crippen molar-refractivity contribution in [1.29, 1.82) is 0 Å². The largest absolute Gasteiger partial charge is 0.391 e. The van der Waals surface area contributed by atoms with Crippen LogP contribution in [0.5, 0.6) is 0 Å². The van der Waals surface area contributed by atoms with Crippen LogP contribution in [0.4, 0.5) is 0 Å². The maximum absolute atomic E-state index is 5.44. The molecule has 0 saturated heterocycles. The van der Waals surface area contributed by atoms with Crippen molar-refractivity contribution in [3.05, 3.63) is 95.6 Å². The van der Waals surface area contributed by atoms with Crippen molar-refractivity contribution in [3.63, 3.8) is 0 Å². The van der Waals surface area contributed by atoms with Gasteiger partial charge in [-0.05, 0) is 34.2 Å². The van der Waals surface area contributed by atoms with E-state index in [-0.39, 0.29) is 0 Å². The monoisotopic (exact) mass is 315 g/mol. The minimum Gasteiger partial charge on any atom is -0.391 e. The molecule has 3 aromatic rings. The van der Waals surface area contributed by atoms with E-state index in [1.54, 1.807) is 6.21 Å². The Hall–Kier alpha value is -2.87. The van der Waals surface area contributed by atoms with E-state index < -0.39 is 0 Å². The zero-order valence-corrected chi connectivity index (χ0v) is 13.9. The third-order valence-electron chi connectivity index (χ3n) is 3.99. The molecule has 0 unspecified atom stereocenters. The van der Waals surface area contributed by atoms with Crippen LogP contribution in [-0.4, -0.2) is 6.21 Å². The Morgan fingerprint density at radius 1 is 0.792 bits per heavy atom. The molecule has 0 bridgehead atoms. The predicted octanol–water partition coefficient (Wildman–Crippen LogP) is 5.47. The normalized spacial score (nSPS) is 10.9. The lowest BCUT2D eigenvalue weighted by Gasteiger charge is -2.04. The minimum absolute atomic E-state index is 0.472. The number of aryl methyl sites for hydroxylation is 1. The molecule has 0 amide bonds. The van der Waals surface area contributed by atoms with Gasteiger partial charge in [0, 0.05) is 0 Å². The second kappa shape index (κ2) is 8.11. The molecule has 0 radical (unpaired) electrons. The molecule has 3 aromatic carbocycles. The lowest BCUT2D eigenvalue weighted by molar-refractivity contribution is 0.132. The highest BCUT2D eigenvalue weighted by molar-refractivity contribution is 5.81. The van der Waals surface area contributed by atoms with Gasteiger partial charge >= 0.3 is 0 Å². The summed E-state index contributed by atoms with van der Waals surface area (Å²) in [5.41, 5.74) is 5.92. The molecule has 120 valence electrons. The van der Waals surface area contributed by atoms with Crippen LogP contribution in [0.2, 0.25) is 0 Å². The Morgan fingerprint density at radius 2 is 1.46 bits per heavy atom. The average molecular weight is 315 g/mol. The van der Waals surface area contributed by atoms with Crippen molar-refractivity contribution < 1.29 is 4.84 Å². The van der Waals surface area contributed by atoms with Crippen LogP contribution in [0.15, 0.2) is 84.0 Å². The summed E-state index contributed by atoms with van der Waals surface area (Å²) in [5, 5.41) is 4.10. The summed E-state index contributed by atoms with van der Waals surface area (Å²) in [4.78, 5) is 5.44. The molecule has 0 aliphatic rings. The van der Waals surface area contributed by atoms with Crippen LogP contribution in [0, 0.1) is 0 Å². The Kier molecular flexibility index (Phi) is 5.41. The van der Waals surface area contributed by atoms with Crippen LogP contribution in [0.1, 0.15) is 23.6 Å². The van der Waals surface area contributed by atoms with E-state index in [4.69, 9.17) is 4.84 Å². The maximum Gasteiger partial charge on any atom is 0.142 e. The first-order valence-electron chi connectivity index (χ1n) is 8.24. The minimum atomic E-state index is 0.472. The molecule has 2 heteroatoms. The van der Waals surface area contributed by atoms with Gasteiger partial charge in [0.05, 0.1) is 6.21 Å². The van der Waals surface area contributed by atoms with Crippen LogP contribution >= 0.6 is 0 Å². The fourth-order valence-electron chi connectivity index (χ4n) is 2.61. The lowest BCUT2D eigenvalue weighted by Crippen LogP contribution is -1.92. The number of hydrogen-bond acceptors (Lipinski definition) is 2. The van der Waals surface area contributed by atoms with Gasteiger partial charge in [-0.15, -0.1) is 0 Å². The molecule has 0 fully saturated rings. The first kappa shape index (κ1) is 16.0. The fraction of sp³-hybridized carbons (Fsp3) is 0.136. The van der Waals surface area contributed by atoms with E-state index in [1.807, 2.05) is 18.2 Å². The second-order valence-electron chi connectivity index (χ2n) is 5.62. The average Bonchev–Trinajstić information content (AvgIpc) is 2.67. The highest BCUT2D eigenvalue weighted by Crippen LogP contribution is 2.19. The van der Waals surface area contributed by atoms with Gasteiger partial charge in [-0.1, -0.05) is 90.9 Å². The van der Waals surface area contributed by atoms with Crippen LogP contribution in [0.25, 0.3) is 11.1 Å². The molecule has 0 heterocycles. The fourth-order valence-corrected chi connectivity index (χ4v) is 2.61. The summed E-state index contributed by atoms with van der Waals surface area (Å²) in [6.45, 7) is 2.61. The summed E-state index contributed by atoms with van der Waals surface area (Å²) in [5.74, 6) is 0. The van der Waals surface area contributed by atoms with Crippen LogP contribution < -0.4 is 0 Å². The van der Waals surface area contributed by atoms with Crippen molar-refractivity contribution >= 4 is 6.21 Å². The Labute approximate surface area is 143 Å². The molecule has 0 aliphatic carbocycles. The van der Waals surface area contributed by atoms with Gasteiger partial charge in [-0.2, -0.15) is 0 Å². The lowest BCUT2D eigenvalue weighted by atomic mass is 10.0. The number of nitrogens with zero attached hydrogens (tertiary/aromatic N) is 1. The predicted molar refractivity (Wildman–Crippen MR) is 100 cm³/mol. The Balaban J connectivity index is 1.58. The van der Waals surface area contributed by atoms with Gasteiger partial charge in [0.2, 0.25) is 0 Å². The third kappa shape index (κ3) is 4.11. The summed E-state index contributed by atoms with van der Waals surface area (Å²) in [7, 11) is 0. The van der Waals surface area contributed by atoms with Crippen molar-refractivity contribution in [1.82, 2.24) is 0 Å². The molecule has 0 aromatic heterocycles. The van der Waals surface area contributed by atoms with Crippen molar-refractivity contribution in [2.24, 2.45) is 5.16 Å². The maximum atomic E-state index is 5.44. The van der Waals surface area contributed by atoms with Crippen LogP contribution in [0.3, 0.4) is 0 Å². The van der Waals surface area contributed by atoms with Gasteiger partial charge in [-0.3, -0.25) is 0 Å². The van der Waals surface area contributed by atoms with Crippen molar-refractivity contribution in [3.8, 4) is 11.1 Å².